The number of fused-ring (bicyclic) bond motifs is 1. The third-order valence-corrected chi connectivity index (χ3v) is 3.40. The lowest BCUT2D eigenvalue weighted by molar-refractivity contribution is -0.122. The summed E-state index contributed by atoms with van der Waals surface area (Å²) in [6, 6.07) is 7.87. The molecule has 1 aromatic carbocycles. The Morgan fingerprint density at radius 1 is 1.56 bits per heavy atom. The van der Waals surface area contributed by atoms with Crippen molar-refractivity contribution in [1.29, 1.82) is 0 Å². The van der Waals surface area contributed by atoms with Crippen molar-refractivity contribution in [3.05, 3.63) is 29.8 Å². The van der Waals surface area contributed by atoms with Gasteiger partial charge < -0.3 is 15.7 Å². The largest absolute Gasteiger partial charge is 0.396 e. The molecule has 1 amide bonds. The van der Waals surface area contributed by atoms with Crippen LogP contribution >= 0.6 is 0 Å². The zero-order valence-electron chi connectivity index (χ0n) is 10.6. The Hall–Kier alpha value is -1.55. The molecule has 0 spiro atoms. The van der Waals surface area contributed by atoms with Crippen LogP contribution in [-0.4, -0.2) is 29.7 Å². The summed E-state index contributed by atoms with van der Waals surface area (Å²) in [5.74, 6) is 0.0199. The first-order valence-corrected chi connectivity index (χ1v) is 6.50. The van der Waals surface area contributed by atoms with Crippen molar-refractivity contribution in [1.82, 2.24) is 5.32 Å². The lowest BCUT2D eigenvalue weighted by atomic mass is 10.1. The molecule has 0 radical (unpaired) electrons. The van der Waals surface area contributed by atoms with E-state index in [0.29, 0.717) is 6.42 Å². The maximum Gasteiger partial charge on any atom is 0.243 e. The Kier molecular flexibility index (Phi) is 4.20. The number of amides is 1. The fraction of sp³-hybridized carbons (Fsp3) is 0.500. The van der Waals surface area contributed by atoms with Gasteiger partial charge >= 0.3 is 0 Å². The summed E-state index contributed by atoms with van der Waals surface area (Å²) >= 11 is 0. The van der Waals surface area contributed by atoms with E-state index in [0.717, 1.165) is 18.5 Å². The first kappa shape index (κ1) is 12.9. The van der Waals surface area contributed by atoms with Crippen molar-refractivity contribution in [3.8, 4) is 0 Å². The molecule has 0 saturated heterocycles. The average molecular weight is 248 g/mol. The molecule has 0 saturated carbocycles. The molecular weight excluding hydrogens is 228 g/mol. The molecule has 4 nitrogen and oxygen atoms in total. The Morgan fingerprint density at radius 3 is 3.00 bits per heavy atom. The van der Waals surface area contributed by atoms with Gasteiger partial charge in [-0.2, -0.15) is 0 Å². The van der Waals surface area contributed by atoms with Gasteiger partial charge in [-0.05, 0) is 24.5 Å². The van der Waals surface area contributed by atoms with Gasteiger partial charge in [-0.15, -0.1) is 0 Å². The maximum atomic E-state index is 12.1. The van der Waals surface area contributed by atoms with Crippen LogP contribution < -0.4 is 10.6 Å². The van der Waals surface area contributed by atoms with Gasteiger partial charge in [-0.3, -0.25) is 4.79 Å². The first-order chi connectivity index (χ1) is 8.74. The number of aliphatic hydroxyl groups excluding tert-OH is 1. The first-order valence-electron chi connectivity index (χ1n) is 6.50. The summed E-state index contributed by atoms with van der Waals surface area (Å²) in [7, 11) is 0. The van der Waals surface area contributed by atoms with E-state index in [1.807, 2.05) is 31.2 Å². The summed E-state index contributed by atoms with van der Waals surface area (Å²) in [4.78, 5) is 12.1. The van der Waals surface area contributed by atoms with E-state index in [9.17, 15) is 4.79 Å². The van der Waals surface area contributed by atoms with E-state index in [4.69, 9.17) is 5.11 Å². The van der Waals surface area contributed by atoms with Crippen LogP contribution in [0.25, 0.3) is 0 Å². The van der Waals surface area contributed by atoms with E-state index in [1.54, 1.807) is 0 Å². The summed E-state index contributed by atoms with van der Waals surface area (Å²) in [6.07, 6.45) is 2.19. The van der Waals surface area contributed by atoms with E-state index < -0.39 is 0 Å². The molecule has 0 bridgehead atoms. The van der Waals surface area contributed by atoms with Crippen molar-refractivity contribution in [3.63, 3.8) is 0 Å². The Balaban J connectivity index is 1.92. The minimum Gasteiger partial charge on any atom is -0.396 e. The second-order valence-corrected chi connectivity index (χ2v) is 4.68. The third kappa shape index (κ3) is 2.82. The fourth-order valence-electron chi connectivity index (χ4n) is 2.29. The highest BCUT2D eigenvalue weighted by atomic mass is 16.3. The predicted octanol–water partition coefficient (Wildman–Crippen LogP) is 1.30. The quantitative estimate of drug-likeness (QED) is 0.736. The number of carbonyl (C=O) groups is 1. The average Bonchev–Trinajstić information content (AvgIpc) is 2.82. The summed E-state index contributed by atoms with van der Waals surface area (Å²) in [5, 5.41) is 15.1. The zero-order chi connectivity index (χ0) is 13.0. The molecule has 18 heavy (non-hydrogen) atoms. The molecule has 0 aliphatic carbocycles. The van der Waals surface area contributed by atoms with Crippen LogP contribution in [-0.2, 0) is 11.2 Å². The molecule has 0 fully saturated rings. The zero-order valence-corrected chi connectivity index (χ0v) is 10.6. The number of carbonyl (C=O) groups excluding carboxylic acids is 1. The van der Waals surface area contributed by atoms with E-state index >= 15 is 0 Å². The highest BCUT2D eigenvalue weighted by Crippen LogP contribution is 2.25. The van der Waals surface area contributed by atoms with Crippen LogP contribution in [0, 0.1) is 0 Å². The number of rotatable bonds is 5. The van der Waals surface area contributed by atoms with Crippen molar-refractivity contribution in [2.75, 3.05) is 11.9 Å². The van der Waals surface area contributed by atoms with E-state index in [-0.39, 0.29) is 24.6 Å². The minimum atomic E-state index is -0.185. The molecule has 3 N–H and O–H groups in total. The van der Waals surface area contributed by atoms with Gasteiger partial charge in [-0.25, -0.2) is 0 Å². The molecular formula is C14H20N2O2. The molecule has 2 rings (SSSR count). The molecule has 1 unspecified atom stereocenters. The topological polar surface area (TPSA) is 61.4 Å². The van der Waals surface area contributed by atoms with Gasteiger partial charge in [0.15, 0.2) is 0 Å². The number of aliphatic hydroxyl groups is 1. The predicted molar refractivity (Wildman–Crippen MR) is 71.5 cm³/mol. The van der Waals surface area contributed by atoms with Gasteiger partial charge in [0.05, 0.1) is 0 Å². The molecule has 1 aromatic rings. The second kappa shape index (κ2) is 5.87. The molecule has 1 heterocycles. The molecule has 1 aliphatic rings. The molecule has 2 atom stereocenters. The number of hydrogen-bond acceptors (Lipinski definition) is 3. The maximum absolute atomic E-state index is 12.1. The molecule has 0 aromatic heterocycles. The highest BCUT2D eigenvalue weighted by molar-refractivity contribution is 5.87. The Labute approximate surface area is 107 Å². The summed E-state index contributed by atoms with van der Waals surface area (Å²) in [6.45, 7) is 2.12. The van der Waals surface area contributed by atoms with Crippen molar-refractivity contribution in [2.45, 2.75) is 38.3 Å². The summed E-state index contributed by atoms with van der Waals surface area (Å²) < 4.78 is 0. The van der Waals surface area contributed by atoms with Crippen LogP contribution in [0.5, 0.6) is 0 Å². The standard InChI is InChI=1S/C14H20N2O2/c1-2-11(7-8-17)15-14(18)13-9-10-5-3-4-6-12(10)16-13/h3-6,11,13,16-17H,2,7-9H2,1H3,(H,15,18)/t11?,13-/m0/s1. The van der Waals surface area contributed by atoms with Gasteiger partial charge in [-0.1, -0.05) is 25.1 Å². The van der Waals surface area contributed by atoms with Crippen LogP contribution in [0.2, 0.25) is 0 Å². The smallest absolute Gasteiger partial charge is 0.243 e. The lowest BCUT2D eigenvalue weighted by Crippen LogP contribution is -2.44. The van der Waals surface area contributed by atoms with E-state index in [1.165, 1.54) is 5.56 Å². The van der Waals surface area contributed by atoms with Crippen LogP contribution in [0.1, 0.15) is 25.3 Å². The SMILES string of the molecule is CCC(CCO)NC(=O)[C@@H]1Cc2ccccc2N1. The van der Waals surface area contributed by atoms with Crippen molar-refractivity contribution in [2.24, 2.45) is 0 Å². The van der Waals surface area contributed by atoms with Gasteiger partial charge in [0.1, 0.15) is 6.04 Å². The number of anilines is 1. The van der Waals surface area contributed by atoms with Crippen LogP contribution in [0.3, 0.4) is 0 Å². The Morgan fingerprint density at radius 2 is 2.33 bits per heavy atom. The molecule has 1 aliphatic heterocycles. The number of hydrogen-bond donors (Lipinski definition) is 3. The van der Waals surface area contributed by atoms with Crippen LogP contribution in [0.4, 0.5) is 5.69 Å². The van der Waals surface area contributed by atoms with Crippen molar-refractivity contribution >= 4 is 11.6 Å². The van der Waals surface area contributed by atoms with Gasteiger partial charge in [0.25, 0.3) is 0 Å². The highest BCUT2D eigenvalue weighted by Gasteiger charge is 2.27. The van der Waals surface area contributed by atoms with Gasteiger partial charge in [0.2, 0.25) is 5.91 Å². The lowest BCUT2D eigenvalue weighted by Gasteiger charge is -2.19. The summed E-state index contributed by atoms with van der Waals surface area (Å²) in [5.41, 5.74) is 2.24. The van der Waals surface area contributed by atoms with Crippen LogP contribution in [0.15, 0.2) is 24.3 Å². The van der Waals surface area contributed by atoms with Crippen molar-refractivity contribution < 1.29 is 9.90 Å². The second-order valence-electron chi connectivity index (χ2n) is 4.68. The number of benzene rings is 1. The molecule has 98 valence electrons. The normalized spacial score (nSPS) is 18.9. The molecule has 4 heteroatoms. The van der Waals surface area contributed by atoms with Gasteiger partial charge in [0, 0.05) is 24.8 Å². The minimum absolute atomic E-state index is 0.0199. The number of para-hydroxylation sites is 1. The third-order valence-electron chi connectivity index (χ3n) is 3.40. The van der Waals surface area contributed by atoms with E-state index in [2.05, 4.69) is 10.6 Å². The monoisotopic (exact) mass is 248 g/mol. The fourth-order valence-corrected chi connectivity index (χ4v) is 2.29. The Bertz CT molecular complexity index is 395. The number of nitrogens with one attached hydrogen (secondary N) is 2.